The van der Waals surface area contributed by atoms with Gasteiger partial charge in [-0.2, -0.15) is 0 Å². The summed E-state index contributed by atoms with van der Waals surface area (Å²) < 4.78 is 10.5. The predicted octanol–water partition coefficient (Wildman–Crippen LogP) is 1.23. The Hall–Kier alpha value is -1.36. The maximum atomic E-state index is 11.8. The summed E-state index contributed by atoms with van der Waals surface area (Å²) in [4.78, 5) is 25.4. The minimum absolute atomic E-state index is 0.0583. The third-order valence-electron chi connectivity index (χ3n) is 5.48. The summed E-state index contributed by atoms with van der Waals surface area (Å²) in [7, 11) is 5.51. The topological polar surface area (TPSA) is 55.8 Å². The Morgan fingerprint density at radius 1 is 1.24 bits per heavy atom. The maximum absolute atomic E-state index is 11.8. The normalized spacial score (nSPS) is 40.1. The van der Waals surface area contributed by atoms with Gasteiger partial charge in [0.1, 0.15) is 6.10 Å². The van der Waals surface area contributed by atoms with Crippen molar-refractivity contribution in [2.24, 2.45) is 23.7 Å². The lowest BCUT2D eigenvalue weighted by molar-refractivity contribution is -0.154. The third-order valence-corrected chi connectivity index (χ3v) is 5.48. The molecule has 21 heavy (non-hydrogen) atoms. The molecule has 0 N–H and O–H groups in total. The Morgan fingerprint density at radius 3 is 2.52 bits per heavy atom. The quantitative estimate of drug-likeness (QED) is 0.733. The summed E-state index contributed by atoms with van der Waals surface area (Å²) in [5.41, 5.74) is 0.795. The number of allylic oxidation sites excluding steroid dienone is 1. The van der Waals surface area contributed by atoms with E-state index in [-0.39, 0.29) is 24.1 Å². The van der Waals surface area contributed by atoms with E-state index in [2.05, 4.69) is 11.0 Å². The molecule has 5 heteroatoms. The first-order valence-electron chi connectivity index (χ1n) is 7.56. The predicted molar refractivity (Wildman–Crippen MR) is 76.3 cm³/mol. The second-order valence-electron chi connectivity index (χ2n) is 6.72. The van der Waals surface area contributed by atoms with Crippen molar-refractivity contribution in [2.75, 3.05) is 21.2 Å². The minimum Gasteiger partial charge on any atom is -0.466 e. The van der Waals surface area contributed by atoms with Gasteiger partial charge in [0.15, 0.2) is 0 Å². The van der Waals surface area contributed by atoms with E-state index >= 15 is 0 Å². The van der Waals surface area contributed by atoms with Crippen LogP contribution in [0.15, 0.2) is 11.6 Å². The number of esters is 2. The van der Waals surface area contributed by atoms with Gasteiger partial charge < -0.3 is 14.4 Å². The summed E-state index contributed by atoms with van der Waals surface area (Å²) in [5.74, 6) is 1.23. The van der Waals surface area contributed by atoms with Gasteiger partial charge >= 0.3 is 11.9 Å². The number of methoxy groups -OCH3 is 1. The number of ether oxygens (including phenoxy) is 2. The van der Waals surface area contributed by atoms with Gasteiger partial charge in [0.25, 0.3) is 0 Å². The van der Waals surface area contributed by atoms with E-state index < -0.39 is 0 Å². The van der Waals surface area contributed by atoms with Crippen molar-refractivity contribution in [2.45, 2.75) is 31.9 Å². The van der Waals surface area contributed by atoms with E-state index in [1.807, 2.05) is 14.1 Å². The van der Waals surface area contributed by atoms with Crippen LogP contribution in [0.1, 0.15) is 19.8 Å². The number of likely N-dealkylation sites (N-methyl/N-ethyl adjacent to an activating group) is 1. The molecule has 0 spiro atoms. The molecule has 0 heterocycles. The zero-order valence-corrected chi connectivity index (χ0v) is 13.0. The molecule has 0 radical (unpaired) electrons. The number of hydrogen-bond donors (Lipinski definition) is 0. The first-order valence-corrected chi connectivity index (χ1v) is 7.56. The number of carbonyl (C=O) groups is 2. The van der Waals surface area contributed by atoms with Crippen LogP contribution in [0, 0.1) is 23.7 Å². The fraction of sp³-hybridized carbons (Fsp3) is 0.750. The molecule has 0 aromatic heterocycles. The first kappa shape index (κ1) is 14.6. The number of rotatable bonds is 3. The number of carbonyl (C=O) groups excluding carboxylic acids is 2. The standard InChI is InChI=1S/C16H23NO4/c1-8(18)21-15-13-7-12(14(15)17(2)3)10-5-9(6-11(10)13)16(19)20-4/h6,10-15H,5,7H2,1-4H3/t10-,11-,12+,13+,14-,15+/m0/s1. The molecule has 0 saturated heterocycles. The number of fused-ring (bicyclic) bond motifs is 5. The maximum Gasteiger partial charge on any atom is 0.333 e. The van der Waals surface area contributed by atoms with Crippen LogP contribution < -0.4 is 0 Å². The van der Waals surface area contributed by atoms with Crippen molar-refractivity contribution >= 4 is 11.9 Å². The first-order chi connectivity index (χ1) is 9.93. The summed E-state index contributed by atoms with van der Waals surface area (Å²) in [6, 6.07) is 0.255. The summed E-state index contributed by atoms with van der Waals surface area (Å²) in [6.07, 6.45) is 3.90. The second-order valence-corrected chi connectivity index (χ2v) is 6.72. The summed E-state index contributed by atoms with van der Waals surface area (Å²) in [5, 5.41) is 0. The van der Waals surface area contributed by atoms with Crippen LogP contribution in [-0.2, 0) is 19.1 Å². The van der Waals surface area contributed by atoms with Crippen molar-refractivity contribution in [3.05, 3.63) is 11.6 Å². The van der Waals surface area contributed by atoms with Crippen LogP contribution in [0.3, 0.4) is 0 Å². The molecule has 3 aliphatic carbocycles. The lowest BCUT2D eigenvalue weighted by Gasteiger charge is -2.40. The van der Waals surface area contributed by atoms with Crippen LogP contribution in [0.5, 0.6) is 0 Å². The zero-order chi connectivity index (χ0) is 15.3. The average molecular weight is 293 g/mol. The summed E-state index contributed by atoms with van der Waals surface area (Å²) >= 11 is 0. The molecule has 2 bridgehead atoms. The van der Waals surface area contributed by atoms with Crippen LogP contribution in [0.25, 0.3) is 0 Å². The van der Waals surface area contributed by atoms with Gasteiger partial charge in [0, 0.05) is 24.5 Å². The molecule has 0 aromatic carbocycles. The van der Waals surface area contributed by atoms with Crippen molar-refractivity contribution in [1.82, 2.24) is 4.90 Å². The molecule has 0 aromatic rings. The van der Waals surface area contributed by atoms with E-state index in [4.69, 9.17) is 9.47 Å². The molecule has 0 unspecified atom stereocenters. The highest BCUT2D eigenvalue weighted by Gasteiger charge is 2.61. The molecule has 116 valence electrons. The smallest absolute Gasteiger partial charge is 0.333 e. The fourth-order valence-corrected chi connectivity index (χ4v) is 4.89. The molecule has 2 saturated carbocycles. The fourth-order valence-electron chi connectivity index (χ4n) is 4.89. The molecule has 6 atom stereocenters. The Bertz CT molecular complexity index is 499. The second kappa shape index (κ2) is 5.13. The highest BCUT2D eigenvalue weighted by Crippen LogP contribution is 2.59. The van der Waals surface area contributed by atoms with E-state index in [0.29, 0.717) is 23.7 Å². The van der Waals surface area contributed by atoms with Gasteiger partial charge in [-0.1, -0.05) is 6.08 Å². The zero-order valence-electron chi connectivity index (χ0n) is 13.0. The van der Waals surface area contributed by atoms with Crippen LogP contribution >= 0.6 is 0 Å². The molecule has 2 fully saturated rings. The average Bonchev–Trinajstić information content (AvgIpc) is 3.05. The Morgan fingerprint density at radius 2 is 1.95 bits per heavy atom. The largest absolute Gasteiger partial charge is 0.466 e. The highest BCUT2D eigenvalue weighted by molar-refractivity contribution is 5.89. The van der Waals surface area contributed by atoms with Crippen molar-refractivity contribution in [3.63, 3.8) is 0 Å². The van der Waals surface area contributed by atoms with Gasteiger partial charge in [0.2, 0.25) is 0 Å². The van der Waals surface area contributed by atoms with Crippen LogP contribution in [-0.4, -0.2) is 50.2 Å². The lowest BCUT2D eigenvalue weighted by atomic mass is 9.76. The lowest BCUT2D eigenvalue weighted by Crippen LogP contribution is -2.49. The van der Waals surface area contributed by atoms with Gasteiger partial charge in [-0.25, -0.2) is 4.79 Å². The van der Waals surface area contributed by atoms with Crippen LogP contribution in [0.4, 0.5) is 0 Å². The highest BCUT2D eigenvalue weighted by atomic mass is 16.5. The number of nitrogens with zero attached hydrogens (tertiary/aromatic N) is 1. The van der Waals surface area contributed by atoms with Crippen molar-refractivity contribution in [1.29, 1.82) is 0 Å². The molecule has 3 aliphatic rings. The van der Waals surface area contributed by atoms with E-state index in [1.165, 1.54) is 14.0 Å². The van der Waals surface area contributed by atoms with Crippen LogP contribution in [0.2, 0.25) is 0 Å². The molecular weight excluding hydrogens is 270 g/mol. The van der Waals surface area contributed by atoms with Gasteiger partial charge in [-0.05, 0) is 44.7 Å². The van der Waals surface area contributed by atoms with Gasteiger partial charge in [0.05, 0.1) is 7.11 Å². The molecule has 3 rings (SSSR count). The van der Waals surface area contributed by atoms with Crippen molar-refractivity contribution < 1.29 is 19.1 Å². The molecule has 0 aliphatic heterocycles. The third kappa shape index (κ3) is 2.18. The van der Waals surface area contributed by atoms with E-state index in [1.54, 1.807) is 0 Å². The van der Waals surface area contributed by atoms with Crippen molar-refractivity contribution in [3.8, 4) is 0 Å². The van der Waals surface area contributed by atoms with E-state index in [9.17, 15) is 9.59 Å². The SMILES string of the molecule is COC(=O)C1=C[C@@H]2[C@H]3C[C@H]([C@H]2C1)[C@H](N(C)C)[C@@H]3OC(C)=O. The Labute approximate surface area is 125 Å². The van der Waals surface area contributed by atoms with Gasteiger partial charge in [-0.3, -0.25) is 4.79 Å². The van der Waals surface area contributed by atoms with Gasteiger partial charge in [-0.15, -0.1) is 0 Å². The minimum atomic E-state index is -0.217. The molecule has 0 amide bonds. The Balaban J connectivity index is 1.85. The number of hydrogen-bond acceptors (Lipinski definition) is 5. The summed E-state index contributed by atoms with van der Waals surface area (Å²) in [6.45, 7) is 1.47. The molecular formula is C16H23NO4. The monoisotopic (exact) mass is 293 g/mol. The molecule has 5 nitrogen and oxygen atoms in total. The Kier molecular flexibility index (Phi) is 3.56. The van der Waals surface area contributed by atoms with E-state index in [0.717, 1.165) is 18.4 Å².